The molecule has 0 radical (unpaired) electrons. The monoisotopic (exact) mass is 260 g/mol. The maximum Gasteiger partial charge on any atom is 0.358 e. The first-order chi connectivity index (χ1) is 9.09. The minimum atomic E-state index is -1.03. The SMILES string of the molecule is CC(C)n1ncc(OCc2ccccc2)c1C(=O)O. The van der Waals surface area contributed by atoms with Crippen molar-refractivity contribution in [3.8, 4) is 5.75 Å². The molecule has 0 spiro atoms. The molecule has 0 amide bonds. The van der Waals surface area contributed by atoms with Crippen LogP contribution in [0.3, 0.4) is 0 Å². The van der Waals surface area contributed by atoms with Gasteiger partial charge in [0.1, 0.15) is 6.61 Å². The second kappa shape index (κ2) is 5.56. The molecule has 19 heavy (non-hydrogen) atoms. The van der Waals surface area contributed by atoms with Gasteiger partial charge in [-0.15, -0.1) is 0 Å². The molecule has 1 N–H and O–H groups in total. The number of nitrogens with zero attached hydrogens (tertiary/aromatic N) is 2. The highest BCUT2D eigenvalue weighted by Crippen LogP contribution is 2.22. The van der Waals surface area contributed by atoms with Gasteiger partial charge in [0.2, 0.25) is 0 Å². The second-order valence-electron chi connectivity index (χ2n) is 4.48. The lowest BCUT2D eigenvalue weighted by Gasteiger charge is -2.09. The first-order valence-electron chi connectivity index (χ1n) is 6.07. The number of rotatable bonds is 5. The fourth-order valence-electron chi connectivity index (χ4n) is 1.78. The minimum absolute atomic E-state index is 0.0276. The van der Waals surface area contributed by atoms with Gasteiger partial charge in [-0.1, -0.05) is 30.3 Å². The number of benzene rings is 1. The fourth-order valence-corrected chi connectivity index (χ4v) is 1.78. The van der Waals surface area contributed by atoms with E-state index in [-0.39, 0.29) is 11.7 Å². The Kier molecular flexibility index (Phi) is 3.85. The van der Waals surface area contributed by atoms with Crippen molar-refractivity contribution >= 4 is 5.97 Å². The molecule has 0 fully saturated rings. The largest absolute Gasteiger partial charge is 0.485 e. The van der Waals surface area contributed by atoms with Gasteiger partial charge in [-0.2, -0.15) is 5.10 Å². The lowest BCUT2D eigenvalue weighted by Crippen LogP contribution is -2.13. The van der Waals surface area contributed by atoms with Gasteiger partial charge in [0.05, 0.1) is 6.20 Å². The summed E-state index contributed by atoms with van der Waals surface area (Å²) in [5.74, 6) is -0.737. The number of aromatic carboxylic acids is 1. The Morgan fingerprint density at radius 3 is 2.63 bits per heavy atom. The Labute approximate surface area is 111 Å². The first-order valence-corrected chi connectivity index (χ1v) is 6.07. The van der Waals surface area contributed by atoms with E-state index in [0.29, 0.717) is 12.4 Å². The molecule has 5 heteroatoms. The van der Waals surface area contributed by atoms with E-state index in [0.717, 1.165) is 5.56 Å². The first kappa shape index (κ1) is 13.1. The summed E-state index contributed by atoms with van der Waals surface area (Å²) in [6.07, 6.45) is 1.45. The van der Waals surface area contributed by atoms with Gasteiger partial charge in [0.25, 0.3) is 0 Å². The Bertz CT molecular complexity index is 561. The van der Waals surface area contributed by atoms with E-state index >= 15 is 0 Å². The van der Waals surface area contributed by atoms with E-state index in [1.807, 2.05) is 44.2 Å². The predicted octanol–water partition coefficient (Wildman–Crippen LogP) is 2.74. The van der Waals surface area contributed by atoms with Crippen molar-refractivity contribution in [3.05, 3.63) is 47.8 Å². The van der Waals surface area contributed by atoms with Gasteiger partial charge >= 0.3 is 5.97 Å². The van der Waals surface area contributed by atoms with Gasteiger partial charge < -0.3 is 9.84 Å². The van der Waals surface area contributed by atoms with Crippen LogP contribution >= 0.6 is 0 Å². The summed E-state index contributed by atoms with van der Waals surface area (Å²) >= 11 is 0. The topological polar surface area (TPSA) is 64.4 Å². The highest BCUT2D eigenvalue weighted by molar-refractivity contribution is 5.88. The van der Waals surface area contributed by atoms with Gasteiger partial charge in [-0.3, -0.25) is 4.68 Å². The highest BCUT2D eigenvalue weighted by Gasteiger charge is 2.20. The summed E-state index contributed by atoms with van der Waals surface area (Å²) in [7, 11) is 0. The molecular weight excluding hydrogens is 244 g/mol. The van der Waals surface area contributed by atoms with Crippen LogP contribution in [0.15, 0.2) is 36.5 Å². The van der Waals surface area contributed by atoms with Crippen molar-refractivity contribution in [3.63, 3.8) is 0 Å². The number of aromatic nitrogens is 2. The molecular formula is C14H16N2O3. The number of ether oxygens (including phenoxy) is 1. The number of carboxylic acid groups (broad SMARTS) is 1. The molecule has 0 aliphatic carbocycles. The van der Waals surface area contributed by atoms with Crippen LogP contribution in [0.4, 0.5) is 0 Å². The summed E-state index contributed by atoms with van der Waals surface area (Å²) < 4.78 is 7.00. The van der Waals surface area contributed by atoms with Crippen molar-refractivity contribution in [2.24, 2.45) is 0 Å². The van der Waals surface area contributed by atoms with E-state index < -0.39 is 5.97 Å². The van der Waals surface area contributed by atoms with Crippen LogP contribution in [0.2, 0.25) is 0 Å². The zero-order valence-electron chi connectivity index (χ0n) is 10.9. The highest BCUT2D eigenvalue weighted by atomic mass is 16.5. The molecule has 0 aliphatic heterocycles. The van der Waals surface area contributed by atoms with E-state index in [2.05, 4.69) is 5.10 Å². The molecule has 0 atom stereocenters. The Balaban J connectivity index is 2.19. The summed E-state index contributed by atoms with van der Waals surface area (Å²) in [6, 6.07) is 9.56. The number of hydrogen-bond donors (Lipinski definition) is 1. The maximum atomic E-state index is 11.3. The van der Waals surface area contributed by atoms with E-state index in [9.17, 15) is 9.90 Å². The molecule has 1 aromatic carbocycles. The molecule has 0 unspecified atom stereocenters. The van der Waals surface area contributed by atoms with Crippen molar-refractivity contribution in [2.45, 2.75) is 26.5 Å². The van der Waals surface area contributed by atoms with E-state index in [1.54, 1.807) is 0 Å². The van der Waals surface area contributed by atoms with Gasteiger partial charge in [-0.05, 0) is 19.4 Å². The van der Waals surface area contributed by atoms with Crippen LogP contribution in [-0.2, 0) is 6.61 Å². The van der Waals surface area contributed by atoms with Crippen LogP contribution < -0.4 is 4.74 Å². The van der Waals surface area contributed by atoms with Gasteiger partial charge in [0.15, 0.2) is 11.4 Å². The van der Waals surface area contributed by atoms with Crippen molar-refractivity contribution in [1.29, 1.82) is 0 Å². The normalized spacial score (nSPS) is 10.7. The third kappa shape index (κ3) is 2.93. The maximum absolute atomic E-state index is 11.3. The van der Waals surface area contributed by atoms with Crippen LogP contribution in [0.25, 0.3) is 0 Å². The average Bonchev–Trinajstić information content (AvgIpc) is 2.81. The number of hydrogen-bond acceptors (Lipinski definition) is 3. The van der Waals surface area contributed by atoms with Crippen molar-refractivity contribution < 1.29 is 14.6 Å². The zero-order valence-corrected chi connectivity index (χ0v) is 10.9. The number of carbonyl (C=O) groups is 1. The fraction of sp³-hybridized carbons (Fsp3) is 0.286. The molecule has 2 aromatic rings. The van der Waals surface area contributed by atoms with Crippen LogP contribution in [0.1, 0.15) is 35.9 Å². The molecule has 0 saturated heterocycles. The third-order valence-electron chi connectivity index (χ3n) is 2.69. The average molecular weight is 260 g/mol. The molecule has 0 bridgehead atoms. The molecule has 1 aromatic heterocycles. The van der Waals surface area contributed by atoms with Crippen LogP contribution in [0, 0.1) is 0 Å². The number of carboxylic acids is 1. The van der Waals surface area contributed by atoms with Crippen molar-refractivity contribution in [2.75, 3.05) is 0 Å². The predicted molar refractivity (Wildman–Crippen MR) is 70.3 cm³/mol. The molecule has 100 valence electrons. The Hall–Kier alpha value is -2.30. The Morgan fingerprint density at radius 1 is 1.37 bits per heavy atom. The quantitative estimate of drug-likeness (QED) is 0.897. The standard InChI is InChI=1S/C14H16N2O3/c1-10(2)16-13(14(17)18)12(8-15-16)19-9-11-6-4-3-5-7-11/h3-8,10H,9H2,1-2H3,(H,17,18). The zero-order chi connectivity index (χ0) is 13.8. The summed E-state index contributed by atoms with van der Waals surface area (Å²) in [5.41, 5.74) is 1.07. The lowest BCUT2D eigenvalue weighted by atomic mass is 10.2. The van der Waals surface area contributed by atoms with Crippen molar-refractivity contribution in [1.82, 2.24) is 9.78 Å². The second-order valence-corrected chi connectivity index (χ2v) is 4.48. The molecule has 1 heterocycles. The smallest absolute Gasteiger partial charge is 0.358 e. The summed E-state index contributed by atoms with van der Waals surface area (Å²) in [4.78, 5) is 11.3. The van der Waals surface area contributed by atoms with E-state index in [4.69, 9.17) is 4.74 Å². The molecule has 5 nitrogen and oxygen atoms in total. The molecule has 2 rings (SSSR count). The third-order valence-corrected chi connectivity index (χ3v) is 2.69. The van der Waals surface area contributed by atoms with Gasteiger partial charge in [0, 0.05) is 6.04 Å². The molecule has 0 saturated carbocycles. The summed E-state index contributed by atoms with van der Waals surface area (Å²) in [5, 5.41) is 13.3. The van der Waals surface area contributed by atoms with Gasteiger partial charge in [-0.25, -0.2) is 4.79 Å². The Morgan fingerprint density at radius 2 is 2.05 bits per heavy atom. The lowest BCUT2D eigenvalue weighted by molar-refractivity contribution is 0.0675. The minimum Gasteiger partial charge on any atom is -0.485 e. The van der Waals surface area contributed by atoms with Crippen LogP contribution in [-0.4, -0.2) is 20.9 Å². The van der Waals surface area contributed by atoms with Crippen LogP contribution in [0.5, 0.6) is 5.75 Å². The van der Waals surface area contributed by atoms with E-state index in [1.165, 1.54) is 10.9 Å². The molecule has 0 aliphatic rings. The summed E-state index contributed by atoms with van der Waals surface area (Å²) in [6.45, 7) is 4.08.